The van der Waals surface area contributed by atoms with Crippen LogP contribution in [0.25, 0.3) is 0 Å². The summed E-state index contributed by atoms with van der Waals surface area (Å²) in [6.07, 6.45) is 1.14. The number of hydrogen-bond acceptors (Lipinski definition) is 4. The number of rotatable bonds is 2. The van der Waals surface area contributed by atoms with Crippen LogP contribution in [0.3, 0.4) is 0 Å². The van der Waals surface area contributed by atoms with Gasteiger partial charge in [0.2, 0.25) is 0 Å². The topological polar surface area (TPSA) is 58.6 Å². The number of nitrogens with one attached hydrogen (secondary N) is 1. The maximum absolute atomic E-state index is 12.1. The SMILES string of the molecule is COC(=O)C1C(c2ccccc2)CC2CC(O)C1N2. The van der Waals surface area contributed by atoms with Crippen LogP contribution in [-0.2, 0) is 9.53 Å². The first-order valence-electron chi connectivity index (χ1n) is 6.77. The van der Waals surface area contributed by atoms with Crippen molar-refractivity contribution < 1.29 is 14.6 Å². The Morgan fingerprint density at radius 2 is 2.05 bits per heavy atom. The summed E-state index contributed by atoms with van der Waals surface area (Å²) in [6, 6.07) is 10.2. The largest absolute Gasteiger partial charge is 0.469 e. The van der Waals surface area contributed by atoms with Crippen LogP contribution in [0, 0.1) is 5.92 Å². The van der Waals surface area contributed by atoms with E-state index in [0.29, 0.717) is 6.04 Å². The van der Waals surface area contributed by atoms with Gasteiger partial charge in [-0.05, 0) is 18.4 Å². The fourth-order valence-corrected chi connectivity index (χ4v) is 3.59. The Labute approximate surface area is 112 Å². The lowest BCUT2D eigenvalue weighted by Gasteiger charge is -2.36. The van der Waals surface area contributed by atoms with Crippen LogP contribution < -0.4 is 5.32 Å². The molecule has 4 nitrogen and oxygen atoms in total. The molecule has 0 aliphatic carbocycles. The minimum absolute atomic E-state index is 0.127. The summed E-state index contributed by atoms with van der Waals surface area (Å²) in [5.41, 5.74) is 1.16. The van der Waals surface area contributed by atoms with Crippen LogP contribution in [0.4, 0.5) is 0 Å². The van der Waals surface area contributed by atoms with Gasteiger partial charge >= 0.3 is 5.97 Å². The van der Waals surface area contributed by atoms with Crippen molar-refractivity contribution >= 4 is 5.97 Å². The Kier molecular flexibility index (Phi) is 3.29. The van der Waals surface area contributed by atoms with Crippen molar-refractivity contribution in [3.8, 4) is 0 Å². The summed E-state index contributed by atoms with van der Waals surface area (Å²) in [4.78, 5) is 12.1. The van der Waals surface area contributed by atoms with E-state index in [4.69, 9.17) is 4.74 Å². The molecule has 2 N–H and O–H groups in total. The molecular weight excluding hydrogens is 242 g/mol. The summed E-state index contributed by atoms with van der Waals surface area (Å²) in [7, 11) is 1.41. The number of fused-ring (bicyclic) bond motifs is 2. The number of piperidine rings is 1. The first kappa shape index (κ1) is 12.6. The predicted molar refractivity (Wildman–Crippen MR) is 70.6 cm³/mol. The van der Waals surface area contributed by atoms with Crippen LogP contribution in [-0.4, -0.2) is 36.4 Å². The highest BCUT2D eigenvalue weighted by Gasteiger charge is 2.50. The van der Waals surface area contributed by atoms with E-state index in [2.05, 4.69) is 17.4 Å². The molecule has 0 aromatic heterocycles. The van der Waals surface area contributed by atoms with Crippen molar-refractivity contribution in [2.75, 3.05) is 7.11 Å². The predicted octanol–water partition coefficient (Wildman–Crippen LogP) is 1.05. The van der Waals surface area contributed by atoms with Gasteiger partial charge in [-0.3, -0.25) is 4.79 Å². The number of aliphatic hydroxyl groups is 1. The lowest BCUT2D eigenvalue weighted by atomic mass is 9.77. The Bertz CT molecular complexity index is 462. The summed E-state index contributed by atoms with van der Waals surface area (Å²) < 4.78 is 4.95. The van der Waals surface area contributed by atoms with Crippen molar-refractivity contribution in [2.24, 2.45) is 5.92 Å². The number of carbonyl (C=O) groups excluding carboxylic acids is 1. The third kappa shape index (κ3) is 2.15. The number of carbonyl (C=O) groups is 1. The molecule has 2 fully saturated rings. The number of aliphatic hydroxyl groups excluding tert-OH is 1. The van der Waals surface area contributed by atoms with E-state index in [0.717, 1.165) is 18.4 Å². The third-order valence-electron chi connectivity index (χ3n) is 4.43. The number of hydrogen-bond donors (Lipinski definition) is 2. The van der Waals surface area contributed by atoms with Gasteiger partial charge in [0.25, 0.3) is 0 Å². The molecule has 0 saturated carbocycles. The number of esters is 1. The molecule has 102 valence electrons. The summed E-state index contributed by atoms with van der Waals surface area (Å²) in [5, 5.41) is 13.5. The molecule has 2 bridgehead atoms. The zero-order chi connectivity index (χ0) is 13.4. The lowest BCUT2D eigenvalue weighted by molar-refractivity contribution is -0.149. The molecule has 5 atom stereocenters. The molecular formula is C15H19NO3. The molecule has 2 aliphatic heterocycles. The summed E-state index contributed by atoms with van der Waals surface area (Å²) in [5.74, 6) is -0.408. The van der Waals surface area contributed by atoms with E-state index in [1.807, 2.05) is 18.2 Å². The van der Waals surface area contributed by atoms with Crippen molar-refractivity contribution in [1.29, 1.82) is 0 Å². The first-order valence-corrected chi connectivity index (χ1v) is 6.77. The summed E-state index contributed by atoms with van der Waals surface area (Å²) >= 11 is 0. The monoisotopic (exact) mass is 261 g/mol. The molecule has 0 amide bonds. The molecule has 2 saturated heterocycles. The third-order valence-corrected chi connectivity index (χ3v) is 4.43. The van der Waals surface area contributed by atoms with E-state index < -0.39 is 6.10 Å². The molecule has 0 spiro atoms. The smallest absolute Gasteiger partial charge is 0.310 e. The highest BCUT2D eigenvalue weighted by Crippen LogP contribution is 2.42. The highest BCUT2D eigenvalue weighted by atomic mass is 16.5. The highest BCUT2D eigenvalue weighted by molar-refractivity contribution is 5.75. The van der Waals surface area contributed by atoms with Crippen molar-refractivity contribution in [2.45, 2.75) is 36.9 Å². The average Bonchev–Trinajstić information content (AvgIpc) is 2.74. The molecule has 1 aromatic carbocycles. The van der Waals surface area contributed by atoms with E-state index in [1.54, 1.807) is 0 Å². The van der Waals surface area contributed by atoms with Gasteiger partial charge in [-0.1, -0.05) is 30.3 Å². The zero-order valence-electron chi connectivity index (χ0n) is 11.0. The fraction of sp³-hybridized carbons (Fsp3) is 0.533. The maximum Gasteiger partial charge on any atom is 0.310 e. The van der Waals surface area contributed by atoms with Crippen molar-refractivity contribution in [1.82, 2.24) is 5.32 Å². The van der Waals surface area contributed by atoms with Gasteiger partial charge < -0.3 is 15.2 Å². The minimum atomic E-state index is -0.456. The molecule has 0 radical (unpaired) electrons. The number of benzene rings is 1. The second-order valence-corrected chi connectivity index (χ2v) is 5.49. The van der Waals surface area contributed by atoms with E-state index in [1.165, 1.54) is 7.11 Å². The zero-order valence-corrected chi connectivity index (χ0v) is 11.0. The summed E-state index contributed by atoms with van der Waals surface area (Å²) in [6.45, 7) is 0. The van der Waals surface area contributed by atoms with E-state index in [-0.39, 0.29) is 23.8 Å². The minimum Gasteiger partial charge on any atom is -0.469 e. The van der Waals surface area contributed by atoms with Crippen LogP contribution in [0.1, 0.15) is 24.3 Å². The van der Waals surface area contributed by atoms with Crippen LogP contribution >= 0.6 is 0 Å². The van der Waals surface area contributed by atoms with Crippen LogP contribution in [0.2, 0.25) is 0 Å². The molecule has 19 heavy (non-hydrogen) atoms. The van der Waals surface area contributed by atoms with Crippen molar-refractivity contribution in [3.05, 3.63) is 35.9 Å². The molecule has 2 aliphatic rings. The average molecular weight is 261 g/mol. The van der Waals surface area contributed by atoms with Gasteiger partial charge in [-0.2, -0.15) is 0 Å². The molecule has 5 unspecified atom stereocenters. The molecule has 3 rings (SSSR count). The maximum atomic E-state index is 12.1. The van der Waals surface area contributed by atoms with Gasteiger partial charge in [-0.25, -0.2) is 0 Å². The molecule has 1 aromatic rings. The van der Waals surface area contributed by atoms with Gasteiger partial charge in [-0.15, -0.1) is 0 Å². The second kappa shape index (κ2) is 4.94. The van der Waals surface area contributed by atoms with Gasteiger partial charge in [0.1, 0.15) is 0 Å². The first-order chi connectivity index (χ1) is 9.20. The number of ether oxygens (including phenoxy) is 1. The molecule has 4 heteroatoms. The van der Waals surface area contributed by atoms with Crippen LogP contribution in [0.5, 0.6) is 0 Å². The Morgan fingerprint density at radius 3 is 2.74 bits per heavy atom. The van der Waals surface area contributed by atoms with E-state index >= 15 is 0 Å². The second-order valence-electron chi connectivity index (χ2n) is 5.49. The number of methoxy groups -OCH3 is 1. The van der Waals surface area contributed by atoms with Crippen molar-refractivity contribution in [3.63, 3.8) is 0 Å². The lowest BCUT2D eigenvalue weighted by Crippen LogP contribution is -2.50. The Hall–Kier alpha value is -1.39. The van der Waals surface area contributed by atoms with E-state index in [9.17, 15) is 9.90 Å². The van der Waals surface area contributed by atoms with Gasteiger partial charge in [0.05, 0.1) is 19.1 Å². The molecule has 2 heterocycles. The quantitative estimate of drug-likeness (QED) is 0.781. The van der Waals surface area contributed by atoms with Gasteiger partial charge in [0.15, 0.2) is 0 Å². The van der Waals surface area contributed by atoms with Crippen LogP contribution in [0.15, 0.2) is 30.3 Å². The van der Waals surface area contributed by atoms with Gasteiger partial charge in [0, 0.05) is 18.0 Å². The Morgan fingerprint density at radius 1 is 1.32 bits per heavy atom. The standard InChI is InChI=1S/C15H19NO3/c1-19-15(18)13-11(9-5-3-2-4-6-9)7-10-8-12(17)14(13)16-10/h2-6,10-14,16-17H,7-8H2,1H3. The Balaban J connectivity index is 1.95. The fourth-order valence-electron chi connectivity index (χ4n) is 3.59. The normalized spacial score (nSPS) is 37.1.